The number of nitrogens with zero attached hydrogens (tertiary/aromatic N) is 2. The average molecular weight is 382 g/mol. The van der Waals surface area contributed by atoms with Crippen molar-refractivity contribution in [1.82, 2.24) is 9.71 Å². The second kappa shape index (κ2) is 7.29. The molecule has 1 saturated heterocycles. The molecule has 1 fully saturated rings. The predicted molar refractivity (Wildman–Crippen MR) is 108 cm³/mol. The molecule has 0 saturated carbocycles. The highest BCUT2D eigenvalue weighted by atomic mass is 32.2. The fourth-order valence-corrected chi connectivity index (χ4v) is 4.89. The first-order chi connectivity index (χ1) is 13.0. The van der Waals surface area contributed by atoms with Crippen LogP contribution in [0, 0.1) is 6.92 Å². The molecule has 0 aliphatic carbocycles. The van der Waals surface area contributed by atoms with Crippen molar-refractivity contribution in [2.45, 2.75) is 30.7 Å². The molecule has 4 rings (SSSR count). The van der Waals surface area contributed by atoms with Gasteiger partial charge in [-0.1, -0.05) is 36.4 Å². The number of aryl methyl sites for hydroxylation is 1. The van der Waals surface area contributed by atoms with Gasteiger partial charge in [-0.15, -0.1) is 0 Å². The summed E-state index contributed by atoms with van der Waals surface area (Å²) in [6, 6.07) is 19.0. The Morgan fingerprint density at radius 1 is 0.963 bits per heavy atom. The number of anilines is 1. The Bertz CT molecular complexity index is 1060. The first kappa shape index (κ1) is 17.9. The van der Waals surface area contributed by atoms with E-state index in [1.165, 1.54) is 0 Å². The number of aromatic nitrogens is 1. The number of fused-ring (bicyclic) bond motifs is 1. The summed E-state index contributed by atoms with van der Waals surface area (Å²) in [5.41, 5.74) is 0.992. The van der Waals surface area contributed by atoms with Gasteiger partial charge in [0.15, 0.2) is 0 Å². The third-order valence-corrected chi connectivity index (χ3v) is 6.56. The lowest BCUT2D eigenvalue weighted by atomic mass is 10.1. The molecule has 5 nitrogen and oxygen atoms in total. The number of benzene rings is 2. The van der Waals surface area contributed by atoms with E-state index in [4.69, 9.17) is 0 Å². The van der Waals surface area contributed by atoms with Crippen LogP contribution in [-0.2, 0) is 10.0 Å². The van der Waals surface area contributed by atoms with Crippen LogP contribution in [-0.4, -0.2) is 32.5 Å². The maximum Gasteiger partial charge on any atom is 0.240 e. The van der Waals surface area contributed by atoms with E-state index in [0.717, 1.165) is 48.2 Å². The molecule has 0 atom stereocenters. The van der Waals surface area contributed by atoms with E-state index in [1.807, 2.05) is 55.5 Å². The molecule has 0 radical (unpaired) electrons. The molecule has 2 heterocycles. The Morgan fingerprint density at radius 3 is 2.44 bits per heavy atom. The van der Waals surface area contributed by atoms with Gasteiger partial charge in [0.25, 0.3) is 0 Å². The number of pyridine rings is 1. The van der Waals surface area contributed by atoms with Crippen molar-refractivity contribution in [2.75, 3.05) is 18.0 Å². The monoisotopic (exact) mass is 381 g/mol. The van der Waals surface area contributed by atoms with Gasteiger partial charge < -0.3 is 4.90 Å². The first-order valence-electron chi connectivity index (χ1n) is 9.21. The molecule has 0 unspecified atom stereocenters. The van der Waals surface area contributed by atoms with Crippen LogP contribution in [0.5, 0.6) is 0 Å². The van der Waals surface area contributed by atoms with E-state index in [-0.39, 0.29) is 6.04 Å². The van der Waals surface area contributed by atoms with Crippen molar-refractivity contribution in [3.05, 3.63) is 66.4 Å². The third kappa shape index (κ3) is 3.96. The highest BCUT2D eigenvalue weighted by Gasteiger charge is 2.25. The lowest BCUT2D eigenvalue weighted by Gasteiger charge is -2.33. The SMILES string of the molecule is Cc1cccc(N2CCC(NS(=O)(=O)c3ccc4ccccc4c3)CC2)n1. The fourth-order valence-electron chi connectivity index (χ4n) is 3.55. The van der Waals surface area contributed by atoms with Gasteiger partial charge >= 0.3 is 0 Å². The van der Waals surface area contributed by atoms with Gasteiger partial charge in [0, 0.05) is 24.8 Å². The standard InChI is InChI=1S/C21H23N3O2S/c1-16-5-4-8-21(22-16)24-13-11-19(12-14-24)23-27(25,26)20-10-9-17-6-2-3-7-18(17)15-20/h2-10,15,19,23H,11-14H2,1H3. The summed E-state index contributed by atoms with van der Waals surface area (Å²) >= 11 is 0. The van der Waals surface area contributed by atoms with E-state index in [0.29, 0.717) is 4.90 Å². The lowest BCUT2D eigenvalue weighted by Crippen LogP contribution is -2.44. The van der Waals surface area contributed by atoms with Gasteiger partial charge in [-0.3, -0.25) is 0 Å². The van der Waals surface area contributed by atoms with Crippen molar-refractivity contribution in [2.24, 2.45) is 0 Å². The zero-order valence-corrected chi connectivity index (χ0v) is 16.1. The van der Waals surface area contributed by atoms with Crippen molar-refractivity contribution >= 4 is 26.6 Å². The van der Waals surface area contributed by atoms with Crippen LogP contribution in [0.1, 0.15) is 18.5 Å². The number of nitrogens with one attached hydrogen (secondary N) is 1. The number of hydrogen-bond donors (Lipinski definition) is 1. The summed E-state index contributed by atoms with van der Waals surface area (Å²) in [6.07, 6.45) is 1.53. The topological polar surface area (TPSA) is 62.3 Å². The summed E-state index contributed by atoms with van der Waals surface area (Å²) in [5.74, 6) is 0.964. The Hall–Kier alpha value is -2.44. The molecule has 140 valence electrons. The third-order valence-electron chi connectivity index (χ3n) is 5.05. The molecule has 0 bridgehead atoms. The van der Waals surface area contributed by atoms with E-state index < -0.39 is 10.0 Å². The van der Waals surface area contributed by atoms with E-state index in [9.17, 15) is 8.42 Å². The second-order valence-electron chi connectivity index (χ2n) is 7.03. The Labute approximate surface area is 160 Å². The molecule has 2 aromatic carbocycles. The summed E-state index contributed by atoms with van der Waals surface area (Å²) in [5, 5.41) is 1.97. The van der Waals surface area contributed by atoms with Gasteiger partial charge in [0.05, 0.1) is 4.90 Å². The highest BCUT2D eigenvalue weighted by Crippen LogP contribution is 2.22. The molecule has 1 aliphatic heterocycles. The van der Waals surface area contributed by atoms with E-state index in [2.05, 4.69) is 14.6 Å². The van der Waals surface area contributed by atoms with Crippen LogP contribution >= 0.6 is 0 Å². The maximum atomic E-state index is 12.8. The molecule has 0 amide bonds. The van der Waals surface area contributed by atoms with Gasteiger partial charge in [0.2, 0.25) is 10.0 Å². The zero-order valence-electron chi connectivity index (χ0n) is 15.3. The first-order valence-corrected chi connectivity index (χ1v) is 10.7. The number of rotatable bonds is 4. The minimum absolute atomic E-state index is 0.0532. The van der Waals surface area contributed by atoms with Gasteiger partial charge in [-0.2, -0.15) is 0 Å². The Morgan fingerprint density at radius 2 is 1.70 bits per heavy atom. The van der Waals surface area contributed by atoms with E-state index in [1.54, 1.807) is 12.1 Å². The van der Waals surface area contributed by atoms with Gasteiger partial charge in [0.1, 0.15) is 5.82 Å². The number of sulfonamides is 1. The lowest BCUT2D eigenvalue weighted by molar-refractivity contribution is 0.458. The molecule has 27 heavy (non-hydrogen) atoms. The summed E-state index contributed by atoms with van der Waals surface area (Å²) in [4.78, 5) is 7.10. The van der Waals surface area contributed by atoms with Crippen LogP contribution in [0.4, 0.5) is 5.82 Å². The van der Waals surface area contributed by atoms with Crippen molar-refractivity contribution in [3.63, 3.8) is 0 Å². The van der Waals surface area contributed by atoms with Crippen LogP contribution in [0.25, 0.3) is 10.8 Å². The molecule has 6 heteroatoms. The molecule has 3 aromatic rings. The smallest absolute Gasteiger partial charge is 0.240 e. The van der Waals surface area contributed by atoms with Crippen molar-refractivity contribution in [3.8, 4) is 0 Å². The van der Waals surface area contributed by atoms with Crippen LogP contribution in [0.15, 0.2) is 65.6 Å². The van der Waals surface area contributed by atoms with Crippen LogP contribution in [0.3, 0.4) is 0 Å². The molecule has 1 aromatic heterocycles. The minimum Gasteiger partial charge on any atom is -0.356 e. The quantitative estimate of drug-likeness (QED) is 0.751. The molecular formula is C21H23N3O2S. The van der Waals surface area contributed by atoms with E-state index >= 15 is 0 Å². The largest absolute Gasteiger partial charge is 0.356 e. The van der Waals surface area contributed by atoms with Crippen molar-refractivity contribution < 1.29 is 8.42 Å². The summed E-state index contributed by atoms with van der Waals surface area (Å²) in [7, 11) is -3.52. The van der Waals surface area contributed by atoms with Gasteiger partial charge in [-0.25, -0.2) is 18.1 Å². The minimum atomic E-state index is -3.52. The summed E-state index contributed by atoms with van der Waals surface area (Å²) in [6.45, 7) is 3.57. The van der Waals surface area contributed by atoms with Gasteiger partial charge in [-0.05, 0) is 54.8 Å². The number of hydrogen-bond acceptors (Lipinski definition) is 4. The Kier molecular flexibility index (Phi) is 4.85. The zero-order chi connectivity index (χ0) is 18.9. The number of piperidine rings is 1. The second-order valence-corrected chi connectivity index (χ2v) is 8.74. The maximum absolute atomic E-state index is 12.8. The molecule has 1 aliphatic rings. The molecule has 1 N–H and O–H groups in total. The van der Waals surface area contributed by atoms with Crippen LogP contribution in [0.2, 0.25) is 0 Å². The highest BCUT2D eigenvalue weighted by molar-refractivity contribution is 7.89. The molecular weight excluding hydrogens is 358 g/mol. The fraction of sp³-hybridized carbons (Fsp3) is 0.286. The normalized spacial score (nSPS) is 16.0. The average Bonchev–Trinajstić information content (AvgIpc) is 2.68. The van der Waals surface area contributed by atoms with Crippen molar-refractivity contribution in [1.29, 1.82) is 0 Å². The van der Waals surface area contributed by atoms with Crippen LogP contribution < -0.4 is 9.62 Å². The summed E-state index contributed by atoms with van der Waals surface area (Å²) < 4.78 is 28.5. The Balaban J connectivity index is 1.44. The predicted octanol–water partition coefficient (Wildman–Crippen LogP) is 3.49. The molecule has 0 spiro atoms.